The predicted octanol–water partition coefficient (Wildman–Crippen LogP) is 3.75. The van der Waals surface area contributed by atoms with E-state index in [9.17, 15) is 34.8 Å². The van der Waals surface area contributed by atoms with Gasteiger partial charge in [-0.3, -0.25) is 14.4 Å². The first-order chi connectivity index (χ1) is 17.1. The lowest BCUT2D eigenvalue weighted by molar-refractivity contribution is -0.150. The lowest BCUT2D eigenvalue weighted by Crippen LogP contribution is -2.52. The Morgan fingerprint density at radius 2 is 1.53 bits per heavy atom. The molecule has 2 atom stereocenters. The Hall–Kier alpha value is -4.53. The molecule has 0 aliphatic rings. The number of carboxylic acids is 2. The van der Waals surface area contributed by atoms with Crippen molar-refractivity contribution >= 4 is 17.7 Å². The number of hydrogen-bond acceptors (Lipinski definition) is 7. The zero-order valence-corrected chi connectivity index (χ0v) is 19.9. The van der Waals surface area contributed by atoms with E-state index in [-0.39, 0.29) is 40.2 Å². The Balaban J connectivity index is 2.51. The Morgan fingerprint density at radius 1 is 0.889 bits per heavy atom. The van der Waals surface area contributed by atoms with Crippen LogP contribution in [0.15, 0.2) is 60.7 Å². The summed E-state index contributed by atoms with van der Waals surface area (Å²) in [6, 6.07) is 13.5. The standard InChI is InChI=1S/C27H26O9/c1-4-18-19(13-17(28)14-20(18)29)27(26(33)34,23(25(31)32)15-8-6-5-7-9-15)24(30)16-10-11-21(35-2)22(12-16)36-3/h5-14,23,28-29H,4H2,1-3H3,(H,31,32)(H,33,34). The van der Waals surface area contributed by atoms with E-state index in [4.69, 9.17) is 9.47 Å². The van der Waals surface area contributed by atoms with Crippen molar-refractivity contribution in [2.24, 2.45) is 0 Å². The maximum atomic E-state index is 14.3. The Morgan fingerprint density at radius 3 is 2.06 bits per heavy atom. The average Bonchev–Trinajstić information content (AvgIpc) is 2.86. The van der Waals surface area contributed by atoms with Crippen molar-refractivity contribution in [1.29, 1.82) is 0 Å². The van der Waals surface area contributed by atoms with Gasteiger partial charge < -0.3 is 29.9 Å². The number of phenols is 2. The number of ether oxygens (including phenoxy) is 2. The van der Waals surface area contributed by atoms with Crippen molar-refractivity contribution in [3.05, 3.63) is 82.9 Å². The minimum absolute atomic E-state index is 0.0196. The molecule has 0 aliphatic heterocycles. The highest BCUT2D eigenvalue weighted by atomic mass is 16.5. The van der Waals surface area contributed by atoms with Crippen LogP contribution in [0.3, 0.4) is 0 Å². The molecule has 0 spiro atoms. The van der Waals surface area contributed by atoms with Crippen LogP contribution in [0.2, 0.25) is 0 Å². The van der Waals surface area contributed by atoms with E-state index in [1.165, 1.54) is 56.7 Å². The third-order valence-electron chi connectivity index (χ3n) is 6.14. The number of carbonyl (C=O) groups is 3. The van der Waals surface area contributed by atoms with Crippen LogP contribution in [0.25, 0.3) is 0 Å². The number of Topliss-reactive ketones (excluding diaryl/α,β-unsaturated/α-hetero) is 1. The van der Waals surface area contributed by atoms with E-state index < -0.39 is 40.6 Å². The van der Waals surface area contributed by atoms with Gasteiger partial charge in [-0.1, -0.05) is 37.3 Å². The average molecular weight is 494 g/mol. The molecule has 9 heteroatoms. The summed E-state index contributed by atoms with van der Waals surface area (Å²) in [6.07, 6.45) is 0.0524. The second-order valence-corrected chi connectivity index (χ2v) is 8.04. The molecule has 0 saturated heterocycles. The summed E-state index contributed by atoms with van der Waals surface area (Å²) in [5.74, 6) is -6.94. The SMILES string of the molecule is CCc1c(O)cc(O)cc1C(C(=O)O)(C(=O)c1ccc(OC)c(OC)c1)C(C(=O)O)c1ccccc1. The molecule has 188 valence electrons. The fraction of sp³-hybridized carbons (Fsp3) is 0.222. The first-order valence-electron chi connectivity index (χ1n) is 11.0. The van der Waals surface area contributed by atoms with Gasteiger partial charge in [0, 0.05) is 11.6 Å². The van der Waals surface area contributed by atoms with Crippen LogP contribution in [0.4, 0.5) is 0 Å². The lowest BCUT2D eigenvalue weighted by atomic mass is 9.62. The van der Waals surface area contributed by atoms with Crippen LogP contribution in [-0.2, 0) is 21.4 Å². The topological polar surface area (TPSA) is 151 Å². The summed E-state index contributed by atoms with van der Waals surface area (Å²) in [6.45, 7) is 1.61. The van der Waals surface area contributed by atoms with Crippen molar-refractivity contribution in [2.45, 2.75) is 24.7 Å². The van der Waals surface area contributed by atoms with Crippen molar-refractivity contribution < 1.29 is 44.3 Å². The molecule has 4 N–H and O–H groups in total. The molecule has 0 fully saturated rings. The molecule has 0 saturated carbocycles. The number of aliphatic carboxylic acids is 2. The molecule has 0 heterocycles. The van der Waals surface area contributed by atoms with Gasteiger partial charge in [-0.15, -0.1) is 0 Å². The van der Waals surface area contributed by atoms with Gasteiger partial charge in [-0.05, 0) is 47.4 Å². The van der Waals surface area contributed by atoms with Crippen LogP contribution >= 0.6 is 0 Å². The lowest BCUT2D eigenvalue weighted by Gasteiger charge is -2.36. The largest absolute Gasteiger partial charge is 0.508 e. The van der Waals surface area contributed by atoms with Crippen molar-refractivity contribution in [2.75, 3.05) is 14.2 Å². The maximum Gasteiger partial charge on any atom is 0.323 e. The molecule has 0 amide bonds. The van der Waals surface area contributed by atoms with Gasteiger partial charge in [0.25, 0.3) is 0 Å². The van der Waals surface area contributed by atoms with Gasteiger partial charge in [0.1, 0.15) is 17.4 Å². The van der Waals surface area contributed by atoms with Crippen LogP contribution in [0.1, 0.15) is 39.9 Å². The number of ketones is 1. The fourth-order valence-electron chi connectivity index (χ4n) is 4.54. The highest BCUT2D eigenvalue weighted by Crippen LogP contribution is 2.47. The summed E-state index contributed by atoms with van der Waals surface area (Å²) in [4.78, 5) is 40.3. The number of phenolic OH excluding ortho intramolecular Hbond substituents is 2. The van der Waals surface area contributed by atoms with E-state index in [0.717, 1.165) is 12.1 Å². The van der Waals surface area contributed by atoms with Crippen LogP contribution in [0.5, 0.6) is 23.0 Å². The maximum absolute atomic E-state index is 14.3. The second kappa shape index (κ2) is 10.4. The summed E-state index contributed by atoms with van der Waals surface area (Å²) >= 11 is 0. The van der Waals surface area contributed by atoms with Gasteiger partial charge in [-0.25, -0.2) is 0 Å². The van der Waals surface area contributed by atoms with Crippen molar-refractivity contribution in [3.63, 3.8) is 0 Å². The molecular weight excluding hydrogens is 468 g/mol. The number of methoxy groups -OCH3 is 2. The summed E-state index contributed by atoms with van der Waals surface area (Å²) in [5.41, 5.74) is -3.21. The van der Waals surface area contributed by atoms with Crippen molar-refractivity contribution in [1.82, 2.24) is 0 Å². The summed E-state index contributed by atoms with van der Waals surface area (Å²) < 4.78 is 10.5. The third kappa shape index (κ3) is 4.31. The van der Waals surface area contributed by atoms with Gasteiger partial charge >= 0.3 is 11.9 Å². The number of hydrogen-bond donors (Lipinski definition) is 4. The molecule has 3 aromatic carbocycles. The first kappa shape index (κ1) is 26.1. The minimum Gasteiger partial charge on any atom is -0.508 e. The van der Waals surface area contributed by atoms with Gasteiger partial charge in [0.2, 0.25) is 0 Å². The van der Waals surface area contributed by atoms with Gasteiger partial charge in [-0.2, -0.15) is 0 Å². The first-order valence-corrected chi connectivity index (χ1v) is 11.0. The second-order valence-electron chi connectivity index (χ2n) is 8.04. The number of carboxylic acid groups (broad SMARTS) is 2. The molecule has 0 bridgehead atoms. The Labute approximate surface area is 207 Å². The predicted molar refractivity (Wildman–Crippen MR) is 129 cm³/mol. The fourth-order valence-corrected chi connectivity index (χ4v) is 4.54. The minimum atomic E-state index is -2.78. The molecule has 0 aromatic heterocycles. The number of carbonyl (C=O) groups excluding carboxylic acids is 1. The van der Waals surface area contributed by atoms with E-state index in [1.807, 2.05) is 0 Å². The van der Waals surface area contributed by atoms with Crippen LogP contribution in [0, 0.1) is 0 Å². The number of rotatable bonds is 10. The zero-order valence-electron chi connectivity index (χ0n) is 19.9. The molecule has 9 nitrogen and oxygen atoms in total. The molecular formula is C27H26O9. The van der Waals surface area contributed by atoms with E-state index >= 15 is 0 Å². The number of aromatic hydroxyl groups is 2. The van der Waals surface area contributed by atoms with Crippen LogP contribution in [-0.4, -0.2) is 52.4 Å². The molecule has 2 unspecified atom stereocenters. The normalized spacial score (nSPS) is 13.3. The summed E-state index contributed by atoms with van der Waals surface area (Å²) in [7, 11) is 2.73. The quantitative estimate of drug-likeness (QED) is 0.244. The van der Waals surface area contributed by atoms with Gasteiger partial charge in [0.15, 0.2) is 22.7 Å². The third-order valence-corrected chi connectivity index (χ3v) is 6.14. The smallest absolute Gasteiger partial charge is 0.323 e. The Bertz CT molecular complexity index is 1300. The summed E-state index contributed by atoms with van der Waals surface area (Å²) in [5, 5.41) is 42.0. The van der Waals surface area contributed by atoms with E-state index in [0.29, 0.717) is 0 Å². The van der Waals surface area contributed by atoms with E-state index in [1.54, 1.807) is 13.0 Å². The van der Waals surface area contributed by atoms with Gasteiger partial charge in [0.05, 0.1) is 14.2 Å². The highest BCUT2D eigenvalue weighted by molar-refractivity contribution is 6.20. The number of benzene rings is 3. The monoisotopic (exact) mass is 494 g/mol. The zero-order chi connectivity index (χ0) is 26.6. The molecule has 36 heavy (non-hydrogen) atoms. The van der Waals surface area contributed by atoms with Crippen LogP contribution < -0.4 is 9.47 Å². The molecule has 3 rings (SSSR count). The van der Waals surface area contributed by atoms with Crippen molar-refractivity contribution in [3.8, 4) is 23.0 Å². The molecule has 3 aromatic rings. The van der Waals surface area contributed by atoms with E-state index in [2.05, 4.69) is 0 Å². The molecule has 0 radical (unpaired) electrons. The highest BCUT2D eigenvalue weighted by Gasteiger charge is 2.59. The Kier molecular flexibility index (Phi) is 7.53. The molecule has 0 aliphatic carbocycles.